The number of hydrogen-bond donors (Lipinski definition) is 0. The molecule has 3 heteroatoms. The minimum absolute atomic E-state index is 0.112. The van der Waals surface area contributed by atoms with Crippen molar-refractivity contribution in [3.05, 3.63) is 12.2 Å². The molecule has 0 aliphatic carbocycles. The van der Waals surface area contributed by atoms with Gasteiger partial charge >= 0.3 is 5.97 Å². The molecule has 0 heterocycles. The summed E-state index contributed by atoms with van der Waals surface area (Å²) >= 11 is 0. The number of rotatable bonds is 25. The molecular formula is C32H64O2Si. The van der Waals surface area contributed by atoms with Crippen LogP contribution in [0.25, 0.3) is 0 Å². The molecule has 0 bridgehead atoms. The Morgan fingerprint density at radius 3 is 1.43 bits per heavy atom. The molecule has 0 N–H and O–H groups in total. The van der Waals surface area contributed by atoms with Crippen LogP contribution in [0.4, 0.5) is 0 Å². The van der Waals surface area contributed by atoms with Crippen LogP contribution in [-0.2, 0) is 9.22 Å². The van der Waals surface area contributed by atoms with Gasteiger partial charge in [-0.2, -0.15) is 0 Å². The maximum atomic E-state index is 12.9. The topological polar surface area (TPSA) is 26.3 Å². The summed E-state index contributed by atoms with van der Waals surface area (Å²) in [7, 11) is -2.19. The summed E-state index contributed by atoms with van der Waals surface area (Å²) in [5, 5.41) is 0. The van der Waals surface area contributed by atoms with E-state index in [0.29, 0.717) is 17.4 Å². The first-order valence-corrected chi connectivity index (χ1v) is 18.3. The van der Waals surface area contributed by atoms with Gasteiger partial charge in [0.05, 0.1) is 0 Å². The van der Waals surface area contributed by atoms with Crippen LogP contribution >= 0.6 is 0 Å². The van der Waals surface area contributed by atoms with E-state index in [1.165, 1.54) is 128 Å². The third kappa shape index (κ3) is 17.5. The molecule has 2 unspecified atom stereocenters. The molecule has 0 saturated heterocycles. The predicted molar refractivity (Wildman–Crippen MR) is 160 cm³/mol. The minimum Gasteiger partial charge on any atom is -0.516 e. The summed E-state index contributed by atoms with van der Waals surface area (Å²) < 4.78 is 6.61. The highest BCUT2D eigenvalue weighted by molar-refractivity contribution is 6.75. The molecule has 0 aliphatic rings. The van der Waals surface area contributed by atoms with E-state index in [0.717, 1.165) is 6.04 Å². The standard InChI is InChI=1S/C32H64O2Si/c1-8-13-16-17-18-19-20-21-22-23-26-35(34-32(33)29(6)7,27-30(11-4)24-14-9-2)28-31(12-5)25-15-10-3/h30-31H,6,8-28H2,1-5,7H3. The van der Waals surface area contributed by atoms with Crippen molar-refractivity contribution in [3.8, 4) is 0 Å². The molecular weight excluding hydrogens is 444 g/mol. The van der Waals surface area contributed by atoms with Gasteiger partial charge in [-0.25, -0.2) is 4.79 Å². The van der Waals surface area contributed by atoms with Crippen LogP contribution in [0, 0.1) is 11.8 Å². The summed E-state index contributed by atoms with van der Waals surface area (Å²) in [6.07, 6.45) is 23.7. The Balaban J connectivity index is 5.28. The van der Waals surface area contributed by atoms with E-state index < -0.39 is 8.32 Å². The first-order valence-electron chi connectivity index (χ1n) is 15.8. The third-order valence-electron chi connectivity index (χ3n) is 8.05. The van der Waals surface area contributed by atoms with Crippen molar-refractivity contribution in [2.45, 2.75) is 175 Å². The Morgan fingerprint density at radius 2 is 1.06 bits per heavy atom. The van der Waals surface area contributed by atoms with Gasteiger partial charge in [0.15, 0.2) is 0 Å². The highest BCUT2D eigenvalue weighted by Crippen LogP contribution is 2.38. The molecule has 0 fully saturated rings. The second-order valence-electron chi connectivity index (χ2n) is 11.5. The van der Waals surface area contributed by atoms with Crippen molar-refractivity contribution < 1.29 is 9.22 Å². The van der Waals surface area contributed by atoms with Gasteiger partial charge in [-0.3, -0.25) is 0 Å². The normalized spacial score (nSPS) is 14.9. The van der Waals surface area contributed by atoms with Gasteiger partial charge in [0.25, 0.3) is 8.32 Å². The van der Waals surface area contributed by atoms with Gasteiger partial charge < -0.3 is 4.43 Å². The lowest BCUT2D eigenvalue weighted by Crippen LogP contribution is -2.44. The molecule has 208 valence electrons. The number of hydrogen-bond acceptors (Lipinski definition) is 2. The van der Waals surface area contributed by atoms with Gasteiger partial charge in [0.1, 0.15) is 0 Å². The van der Waals surface area contributed by atoms with Crippen LogP contribution in [0.3, 0.4) is 0 Å². The van der Waals surface area contributed by atoms with Gasteiger partial charge in [0, 0.05) is 5.57 Å². The Bertz CT molecular complexity index is 498. The summed E-state index contributed by atoms with van der Waals surface area (Å²) in [6.45, 7) is 17.3. The van der Waals surface area contributed by atoms with E-state index in [1.54, 1.807) is 0 Å². The Kier molecular flexibility index (Phi) is 22.2. The monoisotopic (exact) mass is 508 g/mol. The second kappa shape index (κ2) is 22.6. The van der Waals surface area contributed by atoms with Crippen molar-refractivity contribution in [2.75, 3.05) is 0 Å². The number of carbonyl (C=O) groups excluding carboxylic acids is 1. The van der Waals surface area contributed by atoms with E-state index >= 15 is 0 Å². The molecule has 2 nitrogen and oxygen atoms in total. The zero-order valence-corrected chi connectivity index (χ0v) is 26.0. The predicted octanol–water partition coefficient (Wildman–Crippen LogP) is 11.4. The van der Waals surface area contributed by atoms with Crippen molar-refractivity contribution in [1.29, 1.82) is 0 Å². The van der Waals surface area contributed by atoms with E-state index in [-0.39, 0.29) is 5.97 Å². The molecule has 0 amide bonds. The molecule has 0 aromatic carbocycles. The second-order valence-corrected chi connectivity index (χ2v) is 15.4. The van der Waals surface area contributed by atoms with Crippen molar-refractivity contribution in [3.63, 3.8) is 0 Å². The largest absolute Gasteiger partial charge is 0.516 e. The number of unbranched alkanes of at least 4 members (excludes halogenated alkanes) is 11. The lowest BCUT2D eigenvalue weighted by molar-refractivity contribution is -0.131. The maximum absolute atomic E-state index is 12.9. The van der Waals surface area contributed by atoms with Gasteiger partial charge in [0.2, 0.25) is 0 Å². The van der Waals surface area contributed by atoms with E-state index in [2.05, 4.69) is 41.2 Å². The van der Waals surface area contributed by atoms with Crippen LogP contribution in [0.2, 0.25) is 18.1 Å². The SMILES string of the molecule is C=C(C)C(=O)O[Si](CCCCCCCCCCCC)(CC(CC)CCCC)CC(CC)CCCC. The first-order chi connectivity index (χ1) is 16.9. The smallest absolute Gasteiger partial charge is 0.319 e. The fraction of sp³-hybridized carbons (Fsp3) is 0.906. The summed E-state index contributed by atoms with van der Waals surface area (Å²) in [6, 6.07) is 3.50. The summed E-state index contributed by atoms with van der Waals surface area (Å²) in [5.74, 6) is 1.29. The Labute approximate surface area is 222 Å². The molecule has 2 atom stereocenters. The fourth-order valence-corrected chi connectivity index (χ4v) is 11.0. The van der Waals surface area contributed by atoms with Crippen molar-refractivity contribution in [2.24, 2.45) is 11.8 Å². The Hall–Kier alpha value is -0.573. The first kappa shape index (κ1) is 34.4. The summed E-state index contributed by atoms with van der Waals surface area (Å²) in [5.41, 5.74) is 0.577. The highest BCUT2D eigenvalue weighted by Gasteiger charge is 2.41. The Morgan fingerprint density at radius 1 is 0.657 bits per heavy atom. The molecule has 0 spiro atoms. The maximum Gasteiger partial charge on any atom is 0.319 e. The van der Waals surface area contributed by atoms with E-state index in [1.807, 2.05) is 6.92 Å². The molecule has 0 aromatic rings. The van der Waals surface area contributed by atoms with E-state index in [9.17, 15) is 4.79 Å². The van der Waals surface area contributed by atoms with Crippen molar-refractivity contribution in [1.82, 2.24) is 0 Å². The van der Waals surface area contributed by atoms with Crippen LogP contribution in [0.15, 0.2) is 12.2 Å². The summed E-state index contributed by atoms with van der Waals surface area (Å²) in [4.78, 5) is 12.9. The van der Waals surface area contributed by atoms with Crippen LogP contribution in [0.5, 0.6) is 0 Å². The third-order valence-corrected chi connectivity index (χ3v) is 12.6. The van der Waals surface area contributed by atoms with Crippen LogP contribution in [-0.4, -0.2) is 14.3 Å². The van der Waals surface area contributed by atoms with Crippen LogP contribution in [0.1, 0.15) is 157 Å². The molecule has 0 saturated carbocycles. The van der Waals surface area contributed by atoms with Crippen LogP contribution < -0.4 is 0 Å². The average Bonchev–Trinajstić information content (AvgIpc) is 2.85. The van der Waals surface area contributed by atoms with Gasteiger partial charge in [-0.05, 0) is 36.9 Å². The fourth-order valence-electron chi connectivity index (χ4n) is 5.58. The van der Waals surface area contributed by atoms with E-state index in [4.69, 9.17) is 4.43 Å². The highest BCUT2D eigenvalue weighted by atomic mass is 28.4. The average molecular weight is 509 g/mol. The van der Waals surface area contributed by atoms with Gasteiger partial charge in [-0.15, -0.1) is 0 Å². The minimum atomic E-state index is -2.19. The lowest BCUT2D eigenvalue weighted by Gasteiger charge is -2.37. The van der Waals surface area contributed by atoms with Gasteiger partial charge in [-0.1, -0.05) is 157 Å². The lowest BCUT2D eigenvalue weighted by atomic mass is 10.0. The zero-order chi connectivity index (χ0) is 26.4. The molecule has 0 aromatic heterocycles. The molecule has 0 radical (unpaired) electrons. The molecule has 0 aliphatic heterocycles. The quantitative estimate of drug-likeness (QED) is 0.0696. The molecule has 0 rings (SSSR count). The molecule has 35 heavy (non-hydrogen) atoms. The number of carbonyl (C=O) groups is 1. The zero-order valence-electron chi connectivity index (χ0n) is 25.0. The van der Waals surface area contributed by atoms with Crippen molar-refractivity contribution >= 4 is 14.3 Å².